The molecular weight excluding hydrogens is 252 g/mol. The number of aromatic nitrogens is 2. The van der Waals surface area contributed by atoms with Gasteiger partial charge in [-0.15, -0.1) is 0 Å². The Hall–Kier alpha value is -1.95. The molecule has 0 aliphatic carbocycles. The number of carbonyl (C=O) groups excluding carboxylic acids is 1. The molecule has 0 unspecified atom stereocenters. The Bertz CT molecular complexity index is 702. The number of rotatable bonds is 3. The molecule has 0 radical (unpaired) electrons. The van der Waals surface area contributed by atoms with E-state index >= 15 is 0 Å². The molecule has 0 atom stereocenters. The van der Waals surface area contributed by atoms with Gasteiger partial charge in [0.05, 0.1) is 11.9 Å². The van der Waals surface area contributed by atoms with Crippen molar-refractivity contribution in [3.05, 3.63) is 41.7 Å². The van der Waals surface area contributed by atoms with Gasteiger partial charge in [0.15, 0.2) is 16.1 Å². The van der Waals surface area contributed by atoms with Crippen LogP contribution in [0.1, 0.15) is 15.9 Å². The second-order valence-electron chi connectivity index (χ2n) is 4.07. The Morgan fingerprint density at radius 1 is 1.33 bits per heavy atom. The van der Waals surface area contributed by atoms with Crippen LogP contribution in [0, 0.1) is 6.92 Å². The molecule has 1 heterocycles. The van der Waals surface area contributed by atoms with E-state index in [9.17, 15) is 13.2 Å². The van der Waals surface area contributed by atoms with Gasteiger partial charge in [0.2, 0.25) is 0 Å². The first-order valence-corrected chi connectivity index (χ1v) is 7.12. The molecule has 18 heavy (non-hydrogen) atoms. The molecule has 1 aromatic carbocycles. The van der Waals surface area contributed by atoms with Crippen molar-refractivity contribution >= 4 is 16.1 Å². The second-order valence-corrected chi connectivity index (χ2v) is 6.09. The van der Waals surface area contributed by atoms with Crippen molar-refractivity contribution in [2.75, 3.05) is 6.26 Å². The van der Waals surface area contributed by atoms with Crippen molar-refractivity contribution in [3.8, 4) is 5.69 Å². The van der Waals surface area contributed by atoms with Crippen molar-refractivity contribution in [2.45, 2.75) is 11.8 Å². The zero-order valence-electron chi connectivity index (χ0n) is 9.99. The Morgan fingerprint density at radius 3 is 2.61 bits per heavy atom. The van der Waals surface area contributed by atoms with Gasteiger partial charge < -0.3 is 0 Å². The summed E-state index contributed by atoms with van der Waals surface area (Å²) < 4.78 is 24.1. The maximum atomic E-state index is 11.4. The molecule has 6 heteroatoms. The van der Waals surface area contributed by atoms with E-state index in [0.717, 1.165) is 18.1 Å². The van der Waals surface area contributed by atoms with Gasteiger partial charge in [-0.05, 0) is 19.1 Å². The third kappa shape index (κ3) is 2.33. The summed E-state index contributed by atoms with van der Waals surface area (Å²) in [6.45, 7) is 1.88. The monoisotopic (exact) mass is 264 g/mol. The van der Waals surface area contributed by atoms with Crippen LogP contribution in [0.3, 0.4) is 0 Å². The Balaban J connectivity index is 2.56. The van der Waals surface area contributed by atoms with Crippen LogP contribution >= 0.6 is 0 Å². The average molecular weight is 264 g/mol. The van der Waals surface area contributed by atoms with E-state index in [1.807, 2.05) is 13.0 Å². The predicted octanol–water partition coefficient (Wildman–Crippen LogP) is 1.40. The molecule has 94 valence electrons. The fourth-order valence-electron chi connectivity index (χ4n) is 1.61. The highest BCUT2D eigenvalue weighted by atomic mass is 32.2. The number of hydrogen-bond donors (Lipinski definition) is 0. The lowest BCUT2D eigenvalue weighted by Crippen LogP contribution is -2.00. The van der Waals surface area contributed by atoms with Crippen molar-refractivity contribution in [2.24, 2.45) is 0 Å². The zero-order chi connectivity index (χ0) is 13.3. The lowest BCUT2D eigenvalue weighted by Gasteiger charge is -2.05. The lowest BCUT2D eigenvalue weighted by atomic mass is 10.1. The standard InChI is InChI=1S/C12H12N2O3S/c1-9-3-4-12(10(5-9)8-15)14-7-11(6-13-14)18(2,16)17/h3-8H,1-2H3. The SMILES string of the molecule is Cc1ccc(-n2cc(S(C)(=O)=O)cn2)c(C=O)c1. The number of carbonyl (C=O) groups is 1. The number of benzene rings is 1. The van der Waals surface area contributed by atoms with E-state index in [1.165, 1.54) is 17.1 Å². The van der Waals surface area contributed by atoms with Gasteiger partial charge in [0.25, 0.3) is 0 Å². The molecular formula is C12H12N2O3S. The van der Waals surface area contributed by atoms with Crippen LogP contribution in [0.25, 0.3) is 5.69 Å². The van der Waals surface area contributed by atoms with Crippen molar-refractivity contribution in [1.29, 1.82) is 0 Å². The number of aldehydes is 1. The van der Waals surface area contributed by atoms with E-state index in [2.05, 4.69) is 5.10 Å². The van der Waals surface area contributed by atoms with Crippen LogP contribution < -0.4 is 0 Å². The quantitative estimate of drug-likeness (QED) is 0.786. The first kappa shape index (κ1) is 12.5. The van der Waals surface area contributed by atoms with Gasteiger partial charge >= 0.3 is 0 Å². The molecule has 0 saturated carbocycles. The molecule has 5 nitrogen and oxygen atoms in total. The molecule has 0 aliphatic heterocycles. The maximum absolute atomic E-state index is 11.4. The highest BCUT2D eigenvalue weighted by molar-refractivity contribution is 7.90. The van der Waals surface area contributed by atoms with Crippen LogP contribution in [0.4, 0.5) is 0 Å². The molecule has 2 aromatic rings. The minimum atomic E-state index is -3.29. The summed E-state index contributed by atoms with van der Waals surface area (Å²) in [5, 5.41) is 3.97. The molecule has 0 N–H and O–H groups in total. The summed E-state index contributed by atoms with van der Waals surface area (Å²) in [5.74, 6) is 0. The predicted molar refractivity (Wildman–Crippen MR) is 66.8 cm³/mol. The zero-order valence-corrected chi connectivity index (χ0v) is 10.8. The van der Waals surface area contributed by atoms with Crippen LogP contribution in [0.5, 0.6) is 0 Å². The van der Waals surface area contributed by atoms with E-state index in [0.29, 0.717) is 11.3 Å². The summed E-state index contributed by atoms with van der Waals surface area (Å²) >= 11 is 0. The number of aryl methyl sites for hydroxylation is 1. The normalized spacial score (nSPS) is 11.4. The molecule has 0 aliphatic rings. The van der Waals surface area contributed by atoms with Crippen LogP contribution in [-0.2, 0) is 9.84 Å². The molecule has 0 spiro atoms. The summed E-state index contributed by atoms with van der Waals surface area (Å²) in [7, 11) is -3.29. The first-order valence-electron chi connectivity index (χ1n) is 5.23. The number of sulfone groups is 1. The van der Waals surface area contributed by atoms with E-state index in [-0.39, 0.29) is 4.90 Å². The molecule has 0 saturated heterocycles. The highest BCUT2D eigenvalue weighted by Crippen LogP contribution is 2.16. The number of hydrogen-bond acceptors (Lipinski definition) is 4. The molecule has 0 amide bonds. The third-order valence-electron chi connectivity index (χ3n) is 2.54. The maximum Gasteiger partial charge on any atom is 0.178 e. The lowest BCUT2D eigenvalue weighted by molar-refractivity contribution is 0.112. The van der Waals surface area contributed by atoms with Crippen LogP contribution in [-0.4, -0.2) is 30.7 Å². The second kappa shape index (κ2) is 4.38. The van der Waals surface area contributed by atoms with Gasteiger partial charge in [-0.2, -0.15) is 5.10 Å². The van der Waals surface area contributed by atoms with E-state index in [1.54, 1.807) is 12.1 Å². The Kier molecular flexibility index (Phi) is 3.04. The van der Waals surface area contributed by atoms with Gasteiger partial charge in [-0.25, -0.2) is 13.1 Å². The fourth-order valence-corrected chi connectivity index (χ4v) is 2.14. The van der Waals surface area contributed by atoms with Crippen LogP contribution in [0.15, 0.2) is 35.5 Å². The average Bonchev–Trinajstić information content (AvgIpc) is 2.77. The Morgan fingerprint density at radius 2 is 2.06 bits per heavy atom. The van der Waals surface area contributed by atoms with Crippen molar-refractivity contribution in [1.82, 2.24) is 9.78 Å². The summed E-state index contributed by atoms with van der Waals surface area (Å²) in [6, 6.07) is 5.30. The smallest absolute Gasteiger partial charge is 0.178 e. The highest BCUT2D eigenvalue weighted by Gasteiger charge is 2.12. The van der Waals surface area contributed by atoms with Crippen molar-refractivity contribution < 1.29 is 13.2 Å². The fraction of sp³-hybridized carbons (Fsp3) is 0.167. The summed E-state index contributed by atoms with van der Waals surface area (Å²) in [4.78, 5) is 11.1. The van der Waals surface area contributed by atoms with Gasteiger partial charge in [-0.1, -0.05) is 11.6 Å². The summed E-state index contributed by atoms with van der Waals surface area (Å²) in [5.41, 5.74) is 1.99. The number of nitrogens with zero attached hydrogens (tertiary/aromatic N) is 2. The Labute approximate surface area is 105 Å². The van der Waals surface area contributed by atoms with E-state index < -0.39 is 9.84 Å². The van der Waals surface area contributed by atoms with Gasteiger partial charge in [0.1, 0.15) is 4.90 Å². The van der Waals surface area contributed by atoms with Gasteiger partial charge in [-0.3, -0.25) is 4.79 Å². The summed E-state index contributed by atoms with van der Waals surface area (Å²) in [6.07, 6.45) is 4.50. The minimum absolute atomic E-state index is 0.125. The molecule has 0 bridgehead atoms. The largest absolute Gasteiger partial charge is 0.298 e. The van der Waals surface area contributed by atoms with Crippen molar-refractivity contribution in [3.63, 3.8) is 0 Å². The minimum Gasteiger partial charge on any atom is -0.298 e. The topological polar surface area (TPSA) is 69.0 Å². The third-order valence-corrected chi connectivity index (χ3v) is 3.61. The van der Waals surface area contributed by atoms with E-state index in [4.69, 9.17) is 0 Å². The molecule has 1 aromatic heterocycles. The molecule has 2 rings (SSSR count). The first-order chi connectivity index (χ1) is 8.41. The van der Waals surface area contributed by atoms with Crippen LogP contribution in [0.2, 0.25) is 0 Å². The van der Waals surface area contributed by atoms with Gasteiger partial charge in [0, 0.05) is 18.0 Å². The molecule has 0 fully saturated rings.